The second-order valence-electron chi connectivity index (χ2n) is 4.45. The zero-order valence-electron chi connectivity index (χ0n) is 11.6. The average Bonchev–Trinajstić information content (AvgIpc) is 2.50. The van der Waals surface area contributed by atoms with Crippen LogP contribution in [0.2, 0.25) is 5.02 Å². The highest BCUT2D eigenvalue weighted by molar-refractivity contribution is 9.10. The van der Waals surface area contributed by atoms with Crippen molar-refractivity contribution in [2.45, 2.75) is 6.10 Å². The number of benzene rings is 2. The van der Waals surface area contributed by atoms with Crippen LogP contribution in [0.25, 0.3) is 0 Å². The molecule has 0 aliphatic carbocycles. The summed E-state index contributed by atoms with van der Waals surface area (Å²) in [6, 6.07) is 12.7. The Morgan fingerprint density at radius 1 is 1.14 bits per heavy atom. The van der Waals surface area contributed by atoms with Gasteiger partial charge in [-0.15, -0.1) is 0 Å². The van der Waals surface area contributed by atoms with Gasteiger partial charge in [-0.25, -0.2) is 0 Å². The number of aliphatic hydroxyl groups excluding tert-OH is 1. The fourth-order valence-corrected chi connectivity index (χ4v) is 2.61. The van der Waals surface area contributed by atoms with Crippen LogP contribution >= 0.6 is 27.5 Å². The van der Waals surface area contributed by atoms with Gasteiger partial charge in [-0.05, 0) is 24.3 Å². The van der Waals surface area contributed by atoms with E-state index in [2.05, 4.69) is 15.9 Å². The molecule has 3 nitrogen and oxygen atoms in total. The topological polar surface area (TPSA) is 38.7 Å². The van der Waals surface area contributed by atoms with E-state index in [0.29, 0.717) is 35.1 Å². The molecule has 0 spiro atoms. The van der Waals surface area contributed by atoms with Crippen molar-refractivity contribution in [2.24, 2.45) is 0 Å². The van der Waals surface area contributed by atoms with Crippen LogP contribution in [0.15, 0.2) is 46.9 Å². The number of hydrogen-bond acceptors (Lipinski definition) is 3. The minimum absolute atomic E-state index is 0.428. The molecule has 2 aromatic carbocycles. The third kappa shape index (κ3) is 4.20. The van der Waals surface area contributed by atoms with Gasteiger partial charge in [0, 0.05) is 27.7 Å². The molecule has 21 heavy (non-hydrogen) atoms. The lowest BCUT2D eigenvalue weighted by molar-refractivity contribution is 0.142. The van der Waals surface area contributed by atoms with E-state index in [1.165, 1.54) is 0 Å². The Hall–Kier alpha value is -1.07. The van der Waals surface area contributed by atoms with E-state index in [1.807, 2.05) is 30.3 Å². The number of methoxy groups -OCH3 is 1. The van der Waals surface area contributed by atoms with E-state index in [9.17, 15) is 5.11 Å². The summed E-state index contributed by atoms with van der Waals surface area (Å²) in [7, 11) is 1.62. The first-order valence-electron chi connectivity index (χ1n) is 6.47. The van der Waals surface area contributed by atoms with Gasteiger partial charge in [0.05, 0.1) is 6.61 Å². The second-order valence-corrected chi connectivity index (χ2v) is 5.74. The molecule has 0 radical (unpaired) electrons. The highest BCUT2D eigenvalue weighted by Gasteiger charge is 2.18. The van der Waals surface area contributed by atoms with Gasteiger partial charge in [-0.3, -0.25) is 0 Å². The second kappa shape index (κ2) is 7.80. The van der Waals surface area contributed by atoms with Crippen LogP contribution in [-0.4, -0.2) is 25.4 Å². The maximum Gasteiger partial charge on any atom is 0.125 e. The molecule has 2 rings (SSSR count). The third-order valence-electron chi connectivity index (χ3n) is 3.01. The van der Waals surface area contributed by atoms with E-state index in [-0.39, 0.29) is 0 Å². The smallest absolute Gasteiger partial charge is 0.125 e. The van der Waals surface area contributed by atoms with Crippen molar-refractivity contribution in [3.8, 4) is 5.75 Å². The summed E-state index contributed by atoms with van der Waals surface area (Å²) in [6.45, 7) is 0.919. The predicted octanol–water partition coefficient (Wildman–Crippen LogP) is 4.21. The number of hydrogen-bond donors (Lipinski definition) is 1. The van der Waals surface area contributed by atoms with Crippen molar-refractivity contribution in [3.05, 3.63) is 63.1 Å². The van der Waals surface area contributed by atoms with Crippen molar-refractivity contribution in [1.82, 2.24) is 0 Å². The maximum absolute atomic E-state index is 10.6. The number of rotatable bonds is 6. The molecule has 0 saturated carbocycles. The van der Waals surface area contributed by atoms with E-state index >= 15 is 0 Å². The molecule has 1 unspecified atom stereocenters. The van der Waals surface area contributed by atoms with Crippen molar-refractivity contribution in [1.29, 1.82) is 0 Å². The summed E-state index contributed by atoms with van der Waals surface area (Å²) in [6.07, 6.45) is -0.822. The largest absolute Gasteiger partial charge is 0.491 e. The Labute approximate surface area is 137 Å². The van der Waals surface area contributed by atoms with Crippen molar-refractivity contribution in [2.75, 3.05) is 20.3 Å². The fourth-order valence-electron chi connectivity index (χ4n) is 1.96. The molecule has 0 amide bonds. The molecule has 0 aliphatic heterocycles. The van der Waals surface area contributed by atoms with Crippen LogP contribution < -0.4 is 4.74 Å². The summed E-state index contributed by atoms with van der Waals surface area (Å²) in [4.78, 5) is 0. The third-order valence-corrected chi connectivity index (χ3v) is 3.97. The molecular weight excluding hydrogens is 356 g/mol. The summed E-state index contributed by atoms with van der Waals surface area (Å²) in [5.41, 5.74) is 1.39. The molecule has 0 saturated heterocycles. The van der Waals surface area contributed by atoms with E-state index in [0.717, 1.165) is 4.47 Å². The van der Waals surface area contributed by atoms with Gasteiger partial charge >= 0.3 is 0 Å². The summed E-state index contributed by atoms with van der Waals surface area (Å²) >= 11 is 9.45. The molecule has 2 aromatic rings. The Balaban J connectivity index is 2.30. The highest BCUT2D eigenvalue weighted by atomic mass is 79.9. The Kier molecular flexibility index (Phi) is 6.06. The van der Waals surface area contributed by atoms with Gasteiger partial charge in [0.25, 0.3) is 0 Å². The van der Waals surface area contributed by atoms with Gasteiger partial charge in [0.2, 0.25) is 0 Å². The monoisotopic (exact) mass is 370 g/mol. The number of ether oxygens (including phenoxy) is 2. The molecule has 1 N–H and O–H groups in total. The van der Waals surface area contributed by atoms with Crippen LogP contribution in [0.4, 0.5) is 0 Å². The van der Waals surface area contributed by atoms with E-state index in [1.54, 1.807) is 19.2 Å². The first-order valence-corrected chi connectivity index (χ1v) is 7.64. The molecule has 0 aromatic heterocycles. The van der Waals surface area contributed by atoms with Gasteiger partial charge in [-0.1, -0.05) is 45.7 Å². The zero-order chi connectivity index (χ0) is 15.2. The summed E-state index contributed by atoms with van der Waals surface area (Å²) < 4.78 is 11.4. The van der Waals surface area contributed by atoms with Gasteiger partial charge < -0.3 is 14.6 Å². The lowest BCUT2D eigenvalue weighted by atomic mass is 10.0. The van der Waals surface area contributed by atoms with E-state index < -0.39 is 6.10 Å². The molecule has 0 heterocycles. The molecule has 0 aliphatic rings. The molecule has 0 bridgehead atoms. The van der Waals surface area contributed by atoms with Crippen molar-refractivity contribution >= 4 is 27.5 Å². The minimum Gasteiger partial charge on any atom is -0.491 e. The molecule has 1 atom stereocenters. The Morgan fingerprint density at radius 2 is 1.90 bits per heavy atom. The fraction of sp³-hybridized carbons (Fsp3) is 0.250. The van der Waals surface area contributed by atoms with Gasteiger partial charge in [-0.2, -0.15) is 0 Å². The number of aliphatic hydroxyl groups is 1. The zero-order valence-corrected chi connectivity index (χ0v) is 13.9. The predicted molar refractivity (Wildman–Crippen MR) is 87.0 cm³/mol. The van der Waals surface area contributed by atoms with Crippen molar-refractivity contribution < 1.29 is 14.6 Å². The quantitative estimate of drug-likeness (QED) is 0.773. The van der Waals surface area contributed by atoms with Crippen molar-refractivity contribution in [3.63, 3.8) is 0 Å². The Morgan fingerprint density at radius 3 is 2.67 bits per heavy atom. The van der Waals surface area contributed by atoms with Gasteiger partial charge in [0.1, 0.15) is 18.5 Å². The Bertz CT molecular complexity index is 604. The van der Waals surface area contributed by atoms with Crippen LogP contribution in [-0.2, 0) is 4.74 Å². The highest BCUT2D eigenvalue weighted by Crippen LogP contribution is 2.34. The maximum atomic E-state index is 10.6. The molecule has 0 fully saturated rings. The van der Waals surface area contributed by atoms with Crippen LogP contribution in [0, 0.1) is 0 Å². The lowest BCUT2D eigenvalue weighted by Crippen LogP contribution is -2.08. The van der Waals surface area contributed by atoms with Crippen LogP contribution in [0.5, 0.6) is 5.75 Å². The number of para-hydroxylation sites is 1. The van der Waals surface area contributed by atoms with Gasteiger partial charge in [0.15, 0.2) is 0 Å². The summed E-state index contributed by atoms with van der Waals surface area (Å²) in [5.74, 6) is 0.633. The standard InChI is InChI=1S/C16H16BrClO3/c1-20-8-9-21-15-5-3-2-4-12(15)16(19)13-10-11(18)6-7-14(13)17/h2-7,10,16,19H,8-9H2,1H3. The first kappa shape index (κ1) is 16.3. The average molecular weight is 372 g/mol. The normalized spacial score (nSPS) is 12.2. The van der Waals surface area contributed by atoms with Crippen LogP contribution in [0.1, 0.15) is 17.2 Å². The minimum atomic E-state index is -0.822. The van der Waals surface area contributed by atoms with E-state index in [4.69, 9.17) is 21.1 Å². The lowest BCUT2D eigenvalue weighted by Gasteiger charge is -2.17. The SMILES string of the molecule is COCCOc1ccccc1C(O)c1cc(Cl)ccc1Br. The molecule has 5 heteroatoms. The number of halogens is 2. The first-order chi connectivity index (χ1) is 10.1. The summed E-state index contributed by atoms with van der Waals surface area (Å²) in [5, 5.41) is 11.2. The molecular formula is C16H16BrClO3. The van der Waals surface area contributed by atoms with Crippen LogP contribution in [0.3, 0.4) is 0 Å². The molecule has 112 valence electrons.